The highest BCUT2D eigenvalue weighted by atomic mass is 16.3. The molecule has 2 atom stereocenters. The third-order valence-electron chi connectivity index (χ3n) is 4.28. The standard InChI is InChI=1S/C22H31N3O2/c1-17(2)14-23-16-21(26)20(13-18-9-5-3-6-10-18)25-22(27)24-15-19-11-7-4-8-12-19/h3-12,17,20-21,23,26H,13-16H2,1-2H3,(H2,24,25,27). The van der Waals surface area contributed by atoms with E-state index < -0.39 is 6.10 Å². The number of benzene rings is 2. The molecule has 2 rings (SSSR count). The molecule has 0 aromatic heterocycles. The summed E-state index contributed by atoms with van der Waals surface area (Å²) in [6.07, 6.45) is -0.101. The number of nitrogens with one attached hydrogen (secondary N) is 3. The molecule has 0 fully saturated rings. The Morgan fingerprint density at radius 3 is 2.11 bits per heavy atom. The summed E-state index contributed by atoms with van der Waals surface area (Å²) < 4.78 is 0. The molecule has 2 unspecified atom stereocenters. The highest BCUT2D eigenvalue weighted by Crippen LogP contribution is 2.07. The molecule has 0 heterocycles. The molecule has 2 amide bonds. The molecule has 0 aliphatic rings. The predicted molar refractivity (Wildman–Crippen MR) is 109 cm³/mol. The Morgan fingerprint density at radius 1 is 0.926 bits per heavy atom. The van der Waals surface area contributed by atoms with Crippen molar-refractivity contribution in [1.29, 1.82) is 0 Å². The third-order valence-corrected chi connectivity index (χ3v) is 4.28. The zero-order valence-corrected chi connectivity index (χ0v) is 16.2. The van der Waals surface area contributed by atoms with Crippen molar-refractivity contribution < 1.29 is 9.90 Å². The van der Waals surface area contributed by atoms with E-state index in [2.05, 4.69) is 29.8 Å². The Morgan fingerprint density at radius 2 is 1.52 bits per heavy atom. The lowest BCUT2D eigenvalue weighted by atomic mass is 10.0. The zero-order chi connectivity index (χ0) is 19.5. The van der Waals surface area contributed by atoms with Crippen LogP contribution in [0.5, 0.6) is 0 Å². The number of hydrogen-bond donors (Lipinski definition) is 4. The number of carbonyl (C=O) groups is 1. The number of aliphatic hydroxyl groups excluding tert-OH is 1. The summed E-state index contributed by atoms with van der Waals surface area (Å²) in [5.41, 5.74) is 2.11. The molecule has 0 spiro atoms. The van der Waals surface area contributed by atoms with E-state index in [1.54, 1.807) is 0 Å². The monoisotopic (exact) mass is 369 g/mol. The lowest BCUT2D eigenvalue weighted by molar-refractivity contribution is 0.126. The van der Waals surface area contributed by atoms with Gasteiger partial charge in [0.05, 0.1) is 12.1 Å². The summed E-state index contributed by atoms with van der Waals surface area (Å²) in [5.74, 6) is 0.506. The second-order valence-corrected chi connectivity index (χ2v) is 7.23. The Labute approximate surface area is 162 Å². The summed E-state index contributed by atoms with van der Waals surface area (Å²) in [7, 11) is 0. The van der Waals surface area contributed by atoms with E-state index in [1.165, 1.54) is 0 Å². The summed E-state index contributed by atoms with van der Waals surface area (Å²) in [6.45, 7) is 5.96. The van der Waals surface area contributed by atoms with Gasteiger partial charge in [-0.2, -0.15) is 0 Å². The van der Waals surface area contributed by atoms with Gasteiger partial charge >= 0.3 is 6.03 Å². The van der Waals surface area contributed by atoms with Gasteiger partial charge in [-0.05, 0) is 30.0 Å². The zero-order valence-electron chi connectivity index (χ0n) is 16.2. The molecule has 4 N–H and O–H groups in total. The summed E-state index contributed by atoms with van der Waals surface area (Å²) >= 11 is 0. The van der Waals surface area contributed by atoms with E-state index in [9.17, 15) is 9.90 Å². The van der Waals surface area contributed by atoms with Crippen LogP contribution in [0, 0.1) is 5.92 Å². The van der Waals surface area contributed by atoms with E-state index in [4.69, 9.17) is 0 Å². The lowest BCUT2D eigenvalue weighted by Gasteiger charge is -2.25. The van der Waals surface area contributed by atoms with Crippen molar-refractivity contribution in [2.75, 3.05) is 13.1 Å². The van der Waals surface area contributed by atoms with E-state index in [0.717, 1.165) is 17.7 Å². The SMILES string of the molecule is CC(C)CNCC(O)C(Cc1ccccc1)NC(=O)NCc1ccccc1. The van der Waals surface area contributed by atoms with Gasteiger partial charge in [0.2, 0.25) is 0 Å². The van der Waals surface area contributed by atoms with Crippen LogP contribution in [0.15, 0.2) is 60.7 Å². The Kier molecular flexibility index (Phi) is 8.81. The summed E-state index contributed by atoms with van der Waals surface area (Å²) in [6, 6.07) is 19.0. The van der Waals surface area contributed by atoms with Gasteiger partial charge in [0, 0.05) is 13.1 Å². The number of hydrogen-bond acceptors (Lipinski definition) is 3. The lowest BCUT2D eigenvalue weighted by Crippen LogP contribution is -2.51. The molecule has 0 aliphatic carbocycles. The van der Waals surface area contributed by atoms with Crippen molar-refractivity contribution in [3.05, 3.63) is 71.8 Å². The van der Waals surface area contributed by atoms with Gasteiger partial charge in [-0.1, -0.05) is 74.5 Å². The minimum Gasteiger partial charge on any atom is -0.390 e. The number of urea groups is 1. The number of rotatable bonds is 10. The maximum Gasteiger partial charge on any atom is 0.315 e. The minimum absolute atomic E-state index is 0.275. The molecule has 2 aromatic carbocycles. The maximum atomic E-state index is 12.3. The van der Waals surface area contributed by atoms with Gasteiger partial charge in [0.1, 0.15) is 0 Å². The van der Waals surface area contributed by atoms with Crippen molar-refractivity contribution in [3.63, 3.8) is 0 Å². The molecule has 2 aromatic rings. The largest absolute Gasteiger partial charge is 0.390 e. The molecule has 0 bridgehead atoms. The Bertz CT molecular complexity index is 662. The van der Waals surface area contributed by atoms with Crippen molar-refractivity contribution >= 4 is 6.03 Å². The molecule has 0 radical (unpaired) electrons. The third kappa shape index (κ3) is 8.24. The molecule has 146 valence electrons. The first-order chi connectivity index (χ1) is 13.0. The van der Waals surface area contributed by atoms with Crippen molar-refractivity contribution in [1.82, 2.24) is 16.0 Å². The minimum atomic E-state index is -0.675. The first kappa shape index (κ1) is 20.9. The molecular weight excluding hydrogens is 338 g/mol. The maximum absolute atomic E-state index is 12.3. The van der Waals surface area contributed by atoms with Gasteiger partial charge < -0.3 is 21.1 Å². The van der Waals surface area contributed by atoms with Crippen LogP contribution in [0.25, 0.3) is 0 Å². The Hall–Kier alpha value is -2.37. The molecular formula is C22H31N3O2. The van der Waals surface area contributed by atoms with Gasteiger partial charge in [-0.15, -0.1) is 0 Å². The van der Waals surface area contributed by atoms with Crippen LogP contribution in [-0.2, 0) is 13.0 Å². The van der Waals surface area contributed by atoms with Crippen LogP contribution in [0.4, 0.5) is 4.79 Å². The van der Waals surface area contributed by atoms with Crippen molar-refractivity contribution in [2.24, 2.45) is 5.92 Å². The molecule has 0 saturated heterocycles. The summed E-state index contributed by atoms with van der Waals surface area (Å²) in [4.78, 5) is 12.3. The number of aliphatic hydroxyl groups is 1. The topological polar surface area (TPSA) is 73.4 Å². The second-order valence-electron chi connectivity index (χ2n) is 7.23. The number of amides is 2. The van der Waals surface area contributed by atoms with E-state index >= 15 is 0 Å². The second kappa shape index (κ2) is 11.4. The molecule has 0 aliphatic heterocycles. The van der Waals surface area contributed by atoms with E-state index in [1.807, 2.05) is 60.7 Å². The van der Waals surface area contributed by atoms with Gasteiger partial charge in [0.25, 0.3) is 0 Å². The van der Waals surface area contributed by atoms with Crippen LogP contribution in [0.2, 0.25) is 0 Å². The van der Waals surface area contributed by atoms with Crippen molar-refractivity contribution in [2.45, 2.75) is 39.0 Å². The van der Waals surface area contributed by atoms with Gasteiger partial charge in [-0.25, -0.2) is 4.79 Å². The highest BCUT2D eigenvalue weighted by Gasteiger charge is 2.21. The highest BCUT2D eigenvalue weighted by molar-refractivity contribution is 5.74. The smallest absolute Gasteiger partial charge is 0.315 e. The van der Waals surface area contributed by atoms with E-state index in [-0.39, 0.29) is 12.1 Å². The molecule has 27 heavy (non-hydrogen) atoms. The van der Waals surface area contributed by atoms with Crippen LogP contribution < -0.4 is 16.0 Å². The van der Waals surface area contributed by atoms with Crippen LogP contribution in [-0.4, -0.2) is 36.4 Å². The molecule has 5 nitrogen and oxygen atoms in total. The van der Waals surface area contributed by atoms with Crippen LogP contribution in [0.3, 0.4) is 0 Å². The van der Waals surface area contributed by atoms with Gasteiger partial charge in [0.15, 0.2) is 0 Å². The van der Waals surface area contributed by atoms with Gasteiger partial charge in [-0.3, -0.25) is 0 Å². The van der Waals surface area contributed by atoms with Crippen LogP contribution >= 0.6 is 0 Å². The first-order valence-corrected chi connectivity index (χ1v) is 9.55. The first-order valence-electron chi connectivity index (χ1n) is 9.55. The fourth-order valence-corrected chi connectivity index (χ4v) is 2.81. The van der Waals surface area contributed by atoms with Crippen LogP contribution in [0.1, 0.15) is 25.0 Å². The fourth-order valence-electron chi connectivity index (χ4n) is 2.81. The Balaban J connectivity index is 1.92. The van der Waals surface area contributed by atoms with E-state index in [0.29, 0.717) is 25.4 Å². The predicted octanol–water partition coefficient (Wildman–Crippen LogP) is 2.70. The normalized spacial score (nSPS) is 13.2. The molecule has 0 saturated carbocycles. The average molecular weight is 370 g/mol. The summed E-state index contributed by atoms with van der Waals surface area (Å²) in [5, 5.41) is 19.7. The molecule has 5 heteroatoms. The fraction of sp³-hybridized carbons (Fsp3) is 0.409. The number of carbonyl (C=O) groups excluding carboxylic acids is 1. The average Bonchev–Trinajstić information content (AvgIpc) is 2.67. The quantitative estimate of drug-likeness (QED) is 0.520. The van der Waals surface area contributed by atoms with Crippen molar-refractivity contribution in [3.8, 4) is 0 Å².